The number of ether oxygens (including phenoxy) is 2. The Hall–Kier alpha value is -1.84. The van der Waals surface area contributed by atoms with Crippen LogP contribution in [0.25, 0.3) is 0 Å². The Kier molecular flexibility index (Phi) is 2.17. The van der Waals surface area contributed by atoms with E-state index in [1.54, 1.807) is 0 Å². The van der Waals surface area contributed by atoms with Crippen molar-refractivity contribution in [3.8, 4) is 0 Å². The molecule has 0 N–H and O–H groups in total. The summed E-state index contributed by atoms with van der Waals surface area (Å²) >= 11 is 0. The van der Waals surface area contributed by atoms with Crippen LogP contribution in [0.1, 0.15) is 18.4 Å². The van der Waals surface area contributed by atoms with Gasteiger partial charge in [-0.3, -0.25) is 9.59 Å². The predicted molar refractivity (Wildman–Crippen MR) is 83.6 cm³/mol. The lowest BCUT2D eigenvalue weighted by Crippen LogP contribution is -2.54. The molecule has 6 fully saturated rings. The molecule has 1 aromatic rings. The molecule has 1 aromatic carbocycles. The van der Waals surface area contributed by atoms with E-state index >= 15 is 0 Å². The molecule has 5 bridgehead atoms. The molecule has 0 saturated heterocycles. The quantitative estimate of drug-likeness (QED) is 0.779. The van der Waals surface area contributed by atoms with Gasteiger partial charge < -0.3 is 9.47 Å². The molecule has 8 atom stereocenters. The normalized spacial score (nSPS) is 49.9. The Morgan fingerprint density at radius 3 is 2.50 bits per heavy atom. The van der Waals surface area contributed by atoms with Gasteiger partial charge in [0.05, 0.1) is 12.5 Å². The Balaban J connectivity index is 1.15. The van der Waals surface area contributed by atoms with Crippen molar-refractivity contribution in [2.24, 2.45) is 40.9 Å². The van der Waals surface area contributed by atoms with Gasteiger partial charge in [-0.05, 0) is 42.1 Å². The van der Waals surface area contributed by atoms with Gasteiger partial charge in [-0.2, -0.15) is 0 Å². The maximum absolute atomic E-state index is 12.4. The first kappa shape index (κ1) is 13.5. The molecule has 8 unspecified atom stereocenters. The van der Waals surface area contributed by atoms with Gasteiger partial charge in [0.15, 0.2) is 0 Å². The molecular formula is C20H20O4. The molecule has 6 aliphatic rings. The summed E-state index contributed by atoms with van der Waals surface area (Å²) in [6.45, 7) is 0. The third kappa shape index (κ3) is 1.12. The van der Waals surface area contributed by atoms with Gasteiger partial charge in [-0.15, -0.1) is 0 Å². The average molecular weight is 324 g/mol. The molecule has 124 valence electrons. The molecule has 6 aliphatic carbocycles. The second kappa shape index (κ2) is 3.87. The number of hydrogen-bond donors (Lipinski definition) is 0. The lowest BCUT2D eigenvalue weighted by atomic mass is 9.64. The topological polar surface area (TPSA) is 52.6 Å². The molecule has 0 aliphatic heterocycles. The van der Waals surface area contributed by atoms with Crippen LogP contribution in [0, 0.1) is 40.9 Å². The highest BCUT2D eigenvalue weighted by molar-refractivity contribution is 5.88. The second-order valence-corrected chi connectivity index (χ2v) is 8.34. The minimum atomic E-state index is -0.214. The summed E-state index contributed by atoms with van der Waals surface area (Å²) in [5, 5.41) is 0. The number of carbonyl (C=O) groups is 2. The molecule has 0 radical (unpaired) electrons. The lowest BCUT2D eigenvalue weighted by molar-refractivity contribution is -0.190. The molecule has 4 nitrogen and oxygen atoms in total. The Morgan fingerprint density at radius 2 is 1.83 bits per heavy atom. The zero-order chi connectivity index (χ0) is 16.3. The summed E-state index contributed by atoms with van der Waals surface area (Å²) in [7, 11) is 1.50. The zero-order valence-electron chi connectivity index (χ0n) is 13.6. The zero-order valence-corrected chi connectivity index (χ0v) is 13.6. The van der Waals surface area contributed by atoms with Crippen LogP contribution < -0.4 is 0 Å². The van der Waals surface area contributed by atoms with Crippen LogP contribution in [-0.2, 0) is 25.5 Å². The summed E-state index contributed by atoms with van der Waals surface area (Å²) in [4.78, 5) is 24.6. The smallest absolute Gasteiger partial charge is 0.312 e. The van der Waals surface area contributed by atoms with Crippen LogP contribution in [0.15, 0.2) is 30.3 Å². The molecule has 0 spiro atoms. The van der Waals surface area contributed by atoms with E-state index < -0.39 is 0 Å². The van der Waals surface area contributed by atoms with Gasteiger partial charge >= 0.3 is 11.9 Å². The van der Waals surface area contributed by atoms with Crippen LogP contribution >= 0.6 is 0 Å². The van der Waals surface area contributed by atoms with E-state index in [0.29, 0.717) is 41.9 Å². The lowest BCUT2D eigenvalue weighted by Gasteiger charge is -2.47. The Labute approximate surface area is 140 Å². The molecule has 6 saturated carbocycles. The van der Waals surface area contributed by atoms with E-state index in [1.165, 1.54) is 12.7 Å². The first-order chi connectivity index (χ1) is 11.7. The van der Waals surface area contributed by atoms with Crippen LogP contribution in [0.5, 0.6) is 0 Å². The standard InChI is InChI=1S/C20H20O4/c1-23-18(22)20-14-11-9-19(13(11)16(20)17(20)15(14)19)24-12(21)8-7-10-5-3-2-4-6-10/h2-6,11,13-17H,7-9H2,1H3. The van der Waals surface area contributed by atoms with Crippen LogP contribution in [0.2, 0.25) is 0 Å². The van der Waals surface area contributed by atoms with Gasteiger partial charge in [-0.25, -0.2) is 0 Å². The van der Waals surface area contributed by atoms with Crippen LogP contribution in [0.3, 0.4) is 0 Å². The number of hydrogen-bond acceptors (Lipinski definition) is 4. The highest BCUT2D eigenvalue weighted by atomic mass is 16.6. The van der Waals surface area contributed by atoms with E-state index in [-0.39, 0.29) is 23.0 Å². The summed E-state index contributed by atoms with van der Waals surface area (Å²) in [6, 6.07) is 10.1. The molecular weight excluding hydrogens is 304 g/mol. The second-order valence-electron chi connectivity index (χ2n) is 8.34. The minimum Gasteiger partial charge on any atom is -0.469 e. The van der Waals surface area contributed by atoms with Crippen molar-refractivity contribution in [1.29, 1.82) is 0 Å². The van der Waals surface area contributed by atoms with Crippen molar-refractivity contribution in [2.75, 3.05) is 7.11 Å². The first-order valence-electron chi connectivity index (χ1n) is 9.00. The minimum absolute atomic E-state index is 0.00264. The number of benzene rings is 1. The third-order valence-corrected chi connectivity index (χ3v) is 8.00. The van der Waals surface area contributed by atoms with Gasteiger partial charge in [0, 0.05) is 18.3 Å². The summed E-state index contributed by atoms with van der Waals surface area (Å²) in [5.41, 5.74) is 0.796. The van der Waals surface area contributed by atoms with Crippen molar-refractivity contribution in [1.82, 2.24) is 0 Å². The monoisotopic (exact) mass is 324 g/mol. The molecule has 0 amide bonds. The number of aryl methyl sites for hydroxylation is 1. The molecule has 4 heteroatoms. The van der Waals surface area contributed by atoms with Crippen molar-refractivity contribution in [3.63, 3.8) is 0 Å². The highest BCUT2D eigenvalue weighted by Gasteiger charge is 3.06. The summed E-state index contributed by atoms with van der Waals surface area (Å²) < 4.78 is 11.1. The van der Waals surface area contributed by atoms with E-state index in [2.05, 4.69) is 0 Å². The predicted octanol–water partition coefficient (Wildman–Crippen LogP) is 2.22. The number of carbonyl (C=O) groups excluding carboxylic acids is 2. The fourth-order valence-electron chi connectivity index (χ4n) is 7.61. The fourth-order valence-corrected chi connectivity index (χ4v) is 7.61. The van der Waals surface area contributed by atoms with Gasteiger partial charge in [-0.1, -0.05) is 30.3 Å². The van der Waals surface area contributed by atoms with Gasteiger partial charge in [0.2, 0.25) is 0 Å². The summed E-state index contributed by atoms with van der Waals surface area (Å²) in [6.07, 6.45) is 2.16. The highest BCUT2D eigenvalue weighted by Crippen LogP contribution is 3.01. The van der Waals surface area contributed by atoms with Crippen LogP contribution in [0.4, 0.5) is 0 Å². The molecule has 7 rings (SSSR count). The summed E-state index contributed by atoms with van der Waals surface area (Å²) in [5.74, 6) is 2.74. The molecule has 0 aromatic heterocycles. The van der Waals surface area contributed by atoms with Gasteiger partial charge in [0.1, 0.15) is 5.60 Å². The Morgan fingerprint density at radius 1 is 1.08 bits per heavy atom. The van der Waals surface area contributed by atoms with E-state index in [4.69, 9.17) is 9.47 Å². The number of esters is 2. The maximum Gasteiger partial charge on any atom is 0.312 e. The molecule has 24 heavy (non-hydrogen) atoms. The maximum atomic E-state index is 12.4. The fraction of sp³-hybridized carbons (Fsp3) is 0.600. The van der Waals surface area contributed by atoms with Crippen molar-refractivity contribution < 1.29 is 19.1 Å². The van der Waals surface area contributed by atoms with Crippen molar-refractivity contribution in [2.45, 2.75) is 24.9 Å². The van der Waals surface area contributed by atoms with E-state index in [9.17, 15) is 9.59 Å². The number of methoxy groups -OCH3 is 1. The largest absolute Gasteiger partial charge is 0.469 e. The van der Waals surface area contributed by atoms with Crippen molar-refractivity contribution in [3.05, 3.63) is 35.9 Å². The van der Waals surface area contributed by atoms with Gasteiger partial charge in [0.25, 0.3) is 0 Å². The SMILES string of the molecule is COC(=O)C12C3C4CC5(OC(=O)CCc6ccccc6)C4C1C2C35. The van der Waals surface area contributed by atoms with E-state index in [0.717, 1.165) is 12.8 Å². The number of rotatable bonds is 5. The Bertz CT molecular complexity index is 769. The first-order valence-corrected chi connectivity index (χ1v) is 9.00. The average Bonchev–Trinajstić information content (AvgIpc) is 2.77. The van der Waals surface area contributed by atoms with E-state index in [1.807, 2.05) is 30.3 Å². The molecule has 0 heterocycles. The third-order valence-electron chi connectivity index (χ3n) is 8.00. The van der Waals surface area contributed by atoms with Crippen molar-refractivity contribution >= 4 is 11.9 Å². The van der Waals surface area contributed by atoms with Crippen LogP contribution in [-0.4, -0.2) is 24.6 Å².